The number of rotatable bonds is 1. The molecule has 0 amide bonds. The Labute approximate surface area is 114 Å². The highest BCUT2D eigenvalue weighted by molar-refractivity contribution is 6.35. The lowest BCUT2D eigenvalue weighted by atomic mass is 9.90. The molecule has 1 aromatic heterocycles. The van der Waals surface area contributed by atoms with E-state index in [4.69, 9.17) is 15.0 Å². The molecule has 2 rings (SSSR count). The Balaban J connectivity index is 2.46. The molecule has 0 aromatic carbocycles. The fourth-order valence-corrected chi connectivity index (χ4v) is 1.66. The summed E-state index contributed by atoms with van der Waals surface area (Å²) < 4.78 is 50.7. The van der Waals surface area contributed by atoms with Crippen LogP contribution in [0, 0.1) is 0 Å². The number of alkyl halides is 3. The lowest BCUT2D eigenvalue weighted by molar-refractivity contribution is -0.596. The molecule has 1 aliphatic heterocycles. The zero-order valence-corrected chi connectivity index (χ0v) is 11.5. The summed E-state index contributed by atoms with van der Waals surface area (Å²) in [6, 6.07) is 0. The second kappa shape index (κ2) is 4.29. The molecule has 1 saturated heterocycles. The summed E-state index contributed by atoms with van der Waals surface area (Å²) in [5, 5.41) is 0. The first-order valence-corrected chi connectivity index (χ1v) is 5.90. The Hall–Kier alpha value is -1.42. The fraction of sp³-hybridized carbons (Fsp3) is 0.700. The van der Waals surface area contributed by atoms with E-state index in [1.165, 1.54) is 0 Å². The van der Waals surface area contributed by atoms with Crippen LogP contribution in [0.2, 0.25) is 0 Å². The van der Waals surface area contributed by atoms with Crippen LogP contribution >= 0.6 is 0 Å². The van der Waals surface area contributed by atoms with Crippen molar-refractivity contribution in [3.63, 3.8) is 0 Å². The first kappa shape index (κ1) is 15.0. The minimum atomic E-state index is -4.69. The van der Waals surface area contributed by atoms with Gasteiger partial charge in [0.25, 0.3) is 0 Å². The van der Waals surface area contributed by atoms with Gasteiger partial charge >= 0.3 is 25.2 Å². The number of nitrogens with zero attached hydrogens (tertiary/aromatic N) is 3. The molecule has 1 aromatic rings. The molecule has 0 spiro atoms. The molecule has 1 fully saturated rings. The predicted octanol–water partition coefficient (Wildman–Crippen LogP) is 0.802. The minimum Gasteiger partial charge on any atom is -0.369 e. The van der Waals surface area contributed by atoms with E-state index >= 15 is 0 Å². The average Bonchev–Trinajstić information content (AvgIpc) is 2.46. The van der Waals surface area contributed by atoms with E-state index in [9.17, 15) is 13.2 Å². The summed E-state index contributed by atoms with van der Waals surface area (Å²) in [6.07, 6.45) is -3.78. The van der Waals surface area contributed by atoms with Crippen molar-refractivity contribution in [1.82, 2.24) is 9.97 Å². The van der Waals surface area contributed by atoms with Crippen LogP contribution in [0.5, 0.6) is 0 Å². The van der Waals surface area contributed by atoms with E-state index in [0.29, 0.717) is 4.48 Å². The summed E-state index contributed by atoms with van der Waals surface area (Å²) in [5.41, 5.74) is 3.67. The van der Waals surface area contributed by atoms with Crippen molar-refractivity contribution >= 4 is 13.2 Å². The van der Waals surface area contributed by atoms with Crippen LogP contribution < -0.4 is 10.2 Å². The SMILES string of the molecule is CC1(C)OB([n+]2cnc(N)nc2C(F)(F)F)OC1(C)C. The number of anilines is 1. The molecule has 110 valence electrons. The van der Waals surface area contributed by atoms with E-state index in [1.54, 1.807) is 27.7 Å². The van der Waals surface area contributed by atoms with E-state index < -0.39 is 36.4 Å². The van der Waals surface area contributed by atoms with Crippen LogP contribution in [0.4, 0.5) is 19.1 Å². The predicted molar refractivity (Wildman–Crippen MR) is 63.1 cm³/mol. The van der Waals surface area contributed by atoms with Crippen LogP contribution in [0.1, 0.15) is 33.5 Å². The third-order valence-corrected chi connectivity index (χ3v) is 3.50. The maximum atomic E-state index is 13.0. The number of halogens is 3. The van der Waals surface area contributed by atoms with Crippen LogP contribution in [0.25, 0.3) is 0 Å². The highest BCUT2D eigenvalue weighted by Gasteiger charge is 2.58. The molecule has 2 heterocycles. The Morgan fingerprint density at radius 2 is 1.70 bits per heavy atom. The molecule has 0 aliphatic carbocycles. The Bertz CT molecular complexity index is 520. The maximum Gasteiger partial charge on any atom is 0.686 e. The lowest BCUT2D eigenvalue weighted by Crippen LogP contribution is -2.59. The molecule has 2 N–H and O–H groups in total. The number of aromatic nitrogens is 3. The molecule has 20 heavy (non-hydrogen) atoms. The monoisotopic (exact) mass is 291 g/mol. The van der Waals surface area contributed by atoms with Crippen molar-refractivity contribution in [1.29, 1.82) is 0 Å². The zero-order valence-electron chi connectivity index (χ0n) is 11.5. The molecule has 6 nitrogen and oxygen atoms in total. The molecule has 0 bridgehead atoms. The van der Waals surface area contributed by atoms with Crippen molar-refractivity contribution in [2.24, 2.45) is 0 Å². The first-order valence-electron chi connectivity index (χ1n) is 5.90. The number of hydrogen-bond acceptors (Lipinski definition) is 5. The fourth-order valence-electron chi connectivity index (χ4n) is 1.66. The van der Waals surface area contributed by atoms with Crippen LogP contribution in [0.3, 0.4) is 0 Å². The Kier molecular flexibility index (Phi) is 3.21. The van der Waals surface area contributed by atoms with Gasteiger partial charge in [-0.1, -0.05) is 4.98 Å². The third kappa shape index (κ3) is 2.45. The van der Waals surface area contributed by atoms with E-state index in [1.807, 2.05) is 0 Å². The van der Waals surface area contributed by atoms with Gasteiger partial charge < -0.3 is 15.0 Å². The van der Waals surface area contributed by atoms with Gasteiger partial charge in [-0.05, 0) is 32.7 Å². The highest BCUT2D eigenvalue weighted by Crippen LogP contribution is 2.36. The van der Waals surface area contributed by atoms with E-state index in [0.717, 1.165) is 6.33 Å². The first-order chi connectivity index (χ1) is 8.94. The van der Waals surface area contributed by atoms with Gasteiger partial charge in [0, 0.05) is 0 Å². The number of nitrogen functional groups attached to an aromatic ring is 1. The number of hydrogen-bond donors (Lipinski definition) is 1. The molecule has 1 aliphatic rings. The molecule has 0 unspecified atom stereocenters. The summed E-state index contributed by atoms with van der Waals surface area (Å²) in [4.78, 5) is 6.79. The number of nitrogens with two attached hydrogens (primary N) is 1. The molecular weight excluding hydrogens is 276 g/mol. The highest BCUT2D eigenvalue weighted by atomic mass is 19.4. The molecule has 0 saturated carbocycles. The van der Waals surface area contributed by atoms with Gasteiger partial charge in [0.05, 0.1) is 11.2 Å². The van der Waals surface area contributed by atoms with Gasteiger partial charge in [0.2, 0.25) is 6.33 Å². The van der Waals surface area contributed by atoms with Gasteiger partial charge in [-0.15, -0.1) is 0 Å². The molecular formula is C10H15BF3N4O2+. The van der Waals surface area contributed by atoms with Gasteiger partial charge in [-0.2, -0.15) is 13.2 Å². The topological polar surface area (TPSA) is 74.1 Å². The van der Waals surface area contributed by atoms with Crippen LogP contribution in [-0.2, 0) is 15.5 Å². The summed E-state index contributed by atoms with van der Waals surface area (Å²) in [6.45, 7) is 6.94. The van der Waals surface area contributed by atoms with Gasteiger partial charge in [0.1, 0.15) is 0 Å². The van der Waals surface area contributed by atoms with Crippen molar-refractivity contribution in [3.05, 3.63) is 12.2 Å². The van der Waals surface area contributed by atoms with Crippen molar-refractivity contribution in [2.45, 2.75) is 45.1 Å². The molecule has 0 radical (unpaired) electrons. The normalized spacial score (nSPS) is 21.2. The Morgan fingerprint density at radius 1 is 1.20 bits per heavy atom. The van der Waals surface area contributed by atoms with Gasteiger partial charge in [-0.3, -0.25) is 0 Å². The molecule has 10 heteroatoms. The summed E-state index contributed by atoms with van der Waals surface area (Å²) in [5.74, 6) is -1.69. The molecule has 0 atom stereocenters. The zero-order chi connectivity index (χ0) is 15.3. The maximum absolute atomic E-state index is 13.0. The smallest absolute Gasteiger partial charge is 0.369 e. The van der Waals surface area contributed by atoms with Crippen molar-refractivity contribution in [3.8, 4) is 0 Å². The van der Waals surface area contributed by atoms with Gasteiger partial charge in [0.15, 0.2) is 0 Å². The lowest BCUT2D eigenvalue weighted by Gasteiger charge is -2.31. The average molecular weight is 291 g/mol. The summed E-state index contributed by atoms with van der Waals surface area (Å²) >= 11 is 0. The van der Waals surface area contributed by atoms with Crippen LogP contribution in [-0.4, -0.2) is 28.4 Å². The Morgan fingerprint density at radius 3 is 2.15 bits per heavy atom. The largest absolute Gasteiger partial charge is 0.686 e. The van der Waals surface area contributed by atoms with Gasteiger partial charge in [-0.25, -0.2) is 4.48 Å². The second-order valence-corrected chi connectivity index (χ2v) is 5.51. The minimum absolute atomic E-state index is 0.468. The van der Waals surface area contributed by atoms with Crippen molar-refractivity contribution in [2.75, 3.05) is 5.73 Å². The van der Waals surface area contributed by atoms with E-state index in [-0.39, 0.29) is 0 Å². The van der Waals surface area contributed by atoms with E-state index in [2.05, 4.69) is 9.97 Å². The quantitative estimate of drug-likeness (QED) is 0.775. The van der Waals surface area contributed by atoms with Crippen molar-refractivity contribution < 1.29 is 27.0 Å². The standard InChI is InChI=1S/C10H14BF3N4O2/c1-8(2)9(3,4)20-11(19-8)18-5-16-7(15)17-6(18)10(12,13)14/h5,15H,1-4H3/p+1. The summed E-state index contributed by atoms with van der Waals surface area (Å²) in [7, 11) is -1.27. The third-order valence-electron chi connectivity index (χ3n) is 3.50. The second-order valence-electron chi connectivity index (χ2n) is 5.51. The van der Waals surface area contributed by atoms with Crippen LogP contribution in [0.15, 0.2) is 6.33 Å².